The van der Waals surface area contributed by atoms with Gasteiger partial charge in [0, 0.05) is 19.1 Å². The lowest BCUT2D eigenvalue weighted by Crippen LogP contribution is -2.50. The number of likely N-dealkylation sites (tertiary alicyclic amines) is 1. The van der Waals surface area contributed by atoms with Gasteiger partial charge in [-0.25, -0.2) is 0 Å². The number of carbonyl (C=O) groups excluding carboxylic acids is 1. The molecular weight excluding hydrogens is 448 g/mol. The van der Waals surface area contributed by atoms with Crippen molar-refractivity contribution in [3.63, 3.8) is 0 Å². The molecule has 178 valence electrons. The Bertz CT molecular complexity index is 1160. The molecule has 6 nitrogen and oxygen atoms in total. The second-order valence-electron chi connectivity index (χ2n) is 9.11. The number of fused-ring (bicyclic) bond motifs is 2. The van der Waals surface area contributed by atoms with E-state index >= 15 is 0 Å². The molecule has 7 heteroatoms. The number of rotatable bonds is 6. The fourth-order valence-corrected chi connectivity index (χ4v) is 6.36. The summed E-state index contributed by atoms with van der Waals surface area (Å²) in [5.41, 5.74) is 3.43. The maximum absolute atomic E-state index is 12.9. The Morgan fingerprint density at radius 1 is 1.15 bits per heavy atom. The van der Waals surface area contributed by atoms with Crippen LogP contribution in [0, 0.1) is 0 Å². The Hall–Kier alpha value is -2.87. The summed E-state index contributed by atoms with van der Waals surface area (Å²) in [6, 6.07) is 17.6. The van der Waals surface area contributed by atoms with Crippen molar-refractivity contribution in [3.8, 4) is 11.5 Å². The third-order valence-electron chi connectivity index (χ3n) is 7.36. The van der Waals surface area contributed by atoms with Gasteiger partial charge >= 0.3 is 0 Å². The smallest absolute Gasteiger partial charge is 0.261 e. The minimum atomic E-state index is -0.177. The second-order valence-corrected chi connectivity index (χ2v) is 10.1. The van der Waals surface area contributed by atoms with E-state index in [0.717, 1.165) is 43.6 Å². The molecule has 2 heterocycles. The normalized spacial score (nSPS) is 21.4. The van der Waals surface area contributed by atoms with Crippen LogP contribution in [-0.2, 0) is 16.7 Å². The lowest BCUT2D eigenvalue weighted by atomic mass is 9.72. The Morgan fingerprint density at radius 2 is 1.94 bits per heavy atom. The molecule has 5 rings (SSSR count). The van der Waals surface area contributed by atoms with Crippen LogP contribution in [0.5, 0.6) is 11.5 Å². The number of hydrogen-bond acceptors (Lipinski definition) is 6. The summed E-state index contributed by atoms with van der Waals surface area (Å²) in [4.78, 5) is 16.1. The average Bonchev–Trinajstić information content (AvgIpc) is 3.48. The van der Waals surface area contributed by atoms with Crippen molar-refractivity contribution in [2.45, 2.75) is 36.9 Å². The Morgan fingerprint density at radius 3 is 2.65 bits per heavy atom. The summed E-state index contributed by atoms with van der Waals surface area (Å²) >= 11 is 1.45. The topological polar surface area (TPSA) is 71.0 Å². The summed E-state index contributed by atoms with van der Waals surface area (Å²) in [5.74, 6) is 0.608. The number of thiophene rings is 1. The predicted octanol–water partition coefficient (Wildman–Crippen LogP) is 4.50. The molecular formula is C27H30N2O4S. The highest BCUT2D eigenvalue weighted by Crippen LogP contribution is 2.52. The molecule has 0 saturated carbocycles. The summed E-state index contributed by atoms with van der Waals surface area (Å²) < 4.78 is 11.4. The van der Waals surface area contributed by atoms with Gasteiger partial charge in [0.25, 0.3) is 5.91 Å². The van der Waals surface area contributed by atoms with E-state index in [-0.39, 0.29) is 29.2 Å². The van der Waals surface area contributed by atoms with E-state index in [1.165, 1.54) is 16.9 Å². The Kier molecular flexibility index (Phi) is 6.34. The minimum Gasteiger partial charge on any atom is -0.504 e. The van der Waals surface area contributed by atoms with Crippen LogP contribution in [0.2, 0.25) is 0 Å². The predicted molar refractivity (Wildman–Crippen MR) is 133 cm³/mol. The summed E-state index contributed by atoms with van der Waals surface area (Å²) in [6.45, 7) is 2.64. The third kappa shape index (κ3) is 3.98. The zero-order valence-electron chi connectivity index (χ0n) is 19.5. The minimum absolute atomic E-state index is 0.0485. The molecule has 1 aromatic heterocycles. The van der Waals surface area contributed by atoms with Crippen LogP contribution < -0.4 is 10.1 Å². The van der Waals surface area contributed by atoms with Gasteiger partial charge in [-0.3, -0.25) is 9.69 Å². The van der Waals surface area contributed by atoms with E-state index in [4.69, 9.17) is 9.47 Å². The van der Waals surface area contributed by atoms with Crippen LogP contribution >= 0.6 is 11.3 Å². The number of hydrogen-bond donors (Lipinski definition) is 2. The first-order valence-corrected chi connectivity index (χ1v) is 12.5. The SMILES string of the molecule is COc1cc(CN2CCC3(CC2)c2ccccc2[C@@H](NC(=O)c2cccs2)[C@@H]3OC)ccc1O. The Balaban J connectivity index is 1.36. The lowest BCUT2D eigenvalue weighted by Gasteiger charge is -2.44. The fourth-order valence-electron chi connectivity index (χ4n) is 5.73. The van der Waals surface area contributed by atoms with E-state index in [1.807, 2.05) is 35.7 Å². The maximum Gasteiger partial charge on any atom is 0.261 e. The van der Waals surface area contributed by atoms with E-state index in [0.29, 0.717) is 10.6 Å². The van der Waals surface area contributed by atoms with Crippen molar-refractivity contribution in [2.75, 3.05) is 27.3 Å². The number of phenols is 1. The molecule has 2 N–H and O–H groups in total. The first-order valence-electron chi connectivity index (χ1n) is 11.6. The van der Waals surface area contributed by atoms with Crippen LogP contribution in [0.3, 0.4) is 0 Å². The molecule has 2 aromatic carbocycles. The van der Waals surface area contributed by atoms with Crippen molar-refractivity contribution in [2.24, 2.45) is 0 Å². The number of amides is 1. The first-order chi connectivity index (χ1) is 16.6. The molecule has 1 fully saturated rings. The maximum atomic E-state index is 12.9. The van der Waals surface area contributed by atoms with Crippen LogP contribution in [-0.4, -0.2) is 49.3 Å². The number of nitrogens with one attached hydrogen (secondary N) is 1. The third-order valence-corrected chi connectivity index (χ3v) is 8.23. The molecule has 2 atom stereocenters. The van der Waals surface area contributed by atoms with Crippen molar-refractivity contribution < 1.29 is 19.4 Å². The lowest BCUT2D eigenvalue weighted by molar-refractivity contribution is -0.0122. The number of aromatic hydroxyl groups is 1. The molecule has 0 radical (unpaired) electrons. The Labute approximate surface area is 204 Å². The molecule has 2 aliphatic rings. The van der Waals surface area contributed by atoms with Gasteiger partial charge in [-0.15, -0.1) is 11.3 Å². The highest BCUT2D eigenvalue weighted by Gasteiger charge is 2.54. The highest BCUT2D eigenvalue weighted by atomic mass is 32.1. The monoisotopic (exact) mass is 478 g/mol. The van der Waals surface area contributed by atoms with Gasteiger partial charge < -0.3 is 19.9 Å². The van der Waals surface area contributed by atoms with Crippen LogP contribution in [0.4, 0.5) is 0 Å². The van der Waals surface area contributed by atoms with Crippen molar-refractivity contribution in [1.29, 1.82) is 0 Å². The van der Waals surface area contributed by atoms with E-state index in [2.05, 4.69) is 28.4 Å². The van der Waals surface area contributed by atoms with Gasteiger partial charge in [0.2, 0.25) is 0 Å². The zero-order chi connectivity index (χ0) is 23.7. The summed E-state index contributed by atoms with van der Waals surface area (Å²) in [6.07, 6.45) is 1.77. The second kappa shape index (κ2) is 9.41. The number of phenolic OH excluding ortho intramolecular Hbond substituents is 1. The summed E-state index contributed by atoms with van der Waals surface area (Å²) in [7, 11) is 3.33. The van der Waals surface area contributed by atoms with Gasteiger partial charge in [0.15, 0.2) is 11.5 Å². The quantitative estimate of drug-likeness (QED) is 0.546. The number of nitrogens with zero attached hydrogens (tertiary/aromatic N) is 1. The largest absolute Gasteiger partial charge is 0.504 e. The molecule has 1 saturated heterocycles. The molecule has 3 aromatic rings. The molecule has 1 aliphatic carbocycles. The van der Waals surface area contributed by atoms with E-state index < -0.39 is 0 Å². The number of carbonyl (C=O) groups is 1. The van der Waals surface area contributed by atoms with Crippen molar-refractivity contribution in [3.05, 3.63) is 81.5 Å². The van der Waals surface area contributed by atoms with Gasteiger partial charge in [-0.1, -0.05) is 36.4 Å². The number of ether oxygens (including phenoxy) is 2. The molecule has 34 heavy (non-hydrogen) atoms. The summed E-state index contributed by atoms with van der Waals surface area (Å²) in [5, 5.41) is 15.1. The van der Waals surface area contributed by atoms with Gasteiger partial charge in [0.1, 0.15) is 0 Å². The number of piperidine rings is 1. The van der Waals surface area contributed by atoms with Crippen molar-refractivity contribution >= 4 is 17.2 Å². The number of benzene rings is 2. The van der Waals surface area contributed by atoms with Crippen molar-refractivity contribution in [1.82, 2.24) is 10.2 Å². The molecule has 1 aliphatic heterocycles. The van der Waals surface area contributed by atoms with Crippen LogP contribution in [0.25, 0.3) is 0 Å². The molecule has 0 unspecified atom stereocenters. The number of methoxy groups -OCH3 is 2. The van der Waals surface area contributed by atoms with E-state index in [1.54, 1.807) is 20.3 Å². The average molecular weight is 479 g/mol. The highest BCUT2D eigenvalue weighted by molar-refractivity contribution is 7.12. The zero-order valence-corrected chi connectivity index (χ0v) is 20.3. The van der Waals surface area contributed by atoms with Gasteiger partial charge in [0.05, 0.1) is 24.1 Å². The van der Waals surface area contributed by atoms with Gasteiger partial charge in [-0.2, -0.15) is 0 Å². The first kappa shape index (κ1) is 22.9. The van der Waals surface area contributed by atoms with Crippen LogP contribution in [0.15, 0.2) is 60.0 Å². The van der Waals surface area contributed by atoms with Gasteiger partial charge in [-0.05, 0) is 66.2 Å². The molecule has 0 bridgehead atoms. The van der Waals surface area contributed by atoms with Crippen LogP contribution in [0.1, 0.15) is 45.2 Å². The van der Waals surface area contributed by atoms with E-state index in [9.17, 15) is 9.90 Å². The molecule has 1 spiro atoms. The fraction of sp³-hybridized carbons (Fsp3) is 0.370. The standard InChI is InChI=1S/C27H30N2O4S/c1-32-22-16-18(9-10-21(22)30)17-29-13-11-27(12-14-29)20-7-4-3-6-19(20)24(25(27)33-2)28-26(31)23-8-5-15-34-23/h3-10,15-16,24-25,30H,11-14,17H2,1-2H3,(H,28,31)/t24-,25+/m1/s1. The molecule has 1 amide bonds.